The van der Waals surface area contributed by atoms with Crippen LogP contribution in [-0.2, 0) is 0 Å². The Morgan fingerprint density at radius 1 is 0.759 bits per heavy atom. The van der Waals surface area contributed by atoms with Crippen LogP contribution in [0.3, 0.4) is 0 Å². The Morgan fingerprint density at radius 3 is 2.21 bits per heavy atom. The molecule has 1 aliphatic carbocycles. The first-order chi connectivity index (χ1) is 14.1. The lowest BCUT2D eigenvalue weighted by Crippen LogP contribution is -2.21. The highest BCUT2D eigenvalue weighted by Gasteiger charge is 2.32. The van der Waals surface area contributed by atoms with Crippen LogP contribution in [0.1, 0.15) is 31.8 Å². The van der Waals surface area contributed by atoms with E-state index in [0.29, 0.717) is 56.2 Å². The maximum Gasteiger partial charge on any atom is 0.196 e. The van der Waals surface area contributed by atoms with Gasteiger partial charge in [-0.05, 0) is 24.3 Å². The monoisotopic (exact) mass is 384 g/mol. The van der Waals surface area contributed by atoms with Crippen molar-refractivity contribution in [1.82, 2.24) is 9.97 Å². The second-order valence-electron chi connectivity index (χ2n) is 6.71. The van der Waals surface area contributed by atoms with Crippen LogP contribution in [0.5, 0.6) is 11.5 Å². The minimum Gasteiger partial charge on any atom is -0.493 e. The zero-order valence-electron chi connectivity index (χ0n) is 15.8. The van der Waals surface area contributed by atoms with Crippen LogP contribution < -0.4 is 9.47 Å². The summed E-state index contributed by atoms with van der Waals surface area (Å²) in [6.45, 7) is 0. The van der Waals surface area contributed by atoms with Crippen molar-refractivity contribution in [2.45, 2.75) is 0 Å². The highest BCUT2D eigenvalue weighted by atomic mass is 16.5. The van der Waals surface area contributed by atoms with E-state index in [2.05, 4.69) is 9.97 Å². The molecule has 0 saturated heterocycles. The molecule has 1 aliphatic rings. The van der Waals surface area contributed by atoms with E-state index in [9.17, 15) is 9.59 Å². The lowest BCUT2D eigenvalue weighted by atomic mass is 9.83. The fraction of sp³-hybridized carbons (Fsp3) is 0.0870. The van der Waals surface area contributed by atoms with Gasteiger partial charge in [0.05, 0.1) is 30.9 Å². The topological polar surface area (TPSA) is 81.3 Å². The lowest BCUT2D eigenvalue weighted by molar-refractivity contribution is 0.0980. The van der Waals surface area contributed by atoms with Crippen molar-refractivity contribution in [3.05, 3.63) is 76.9 Å². The van der Waals surface area contributed by atoms with E-state index in [4.69, 9.17) is 9.47 Å². The molecule has 5 rings (SSSR count). The molecule has 1 heterocycles. The summed E-state index contributed by atoms with van der Waals surface area (Å²) in [5, 5.41) is 0. The normalized spacial score (nSPS) is 12.6. The number of nitrogens with one attached hydrogen (secondary N) is 1. The predicted octanol–water partition coefficient (Wildman–Crippen LogP) is 4.02. The van der Waals surface area contributed by atoms with Crippen molar-refractivity contribution in [3.8, 4) is 22.9 Å². The van der Waals surface area contributed by atoms with E-state index < -0.39 is 0 Å². The summed E-state index contributed by atoms with van der Waals surface area (Å²) in [7, 11) is 3.13. The van der Waals surface area contributed by atoms with E-state index >= 15 is 0 Å². The number of para-hydroxylation sites is 1. The zero-order valence-corrected chi connectivity index (χ0v) is 15.8. The second kappa shape index (κ2) is 6.31. The molecule has 1 N–H and O–H groups in total. The maximum absolute atomic E-state index is 13.2. The lowest BCUT2D eigenvalue weighted by Gasteiger charge is -2.17. The highest BCUT2D eigenvalue weighted by molar-refractivity contribution is 6.31. The number of imidazole rings is 1. The molecule has 3 aromatic carbocycles. The largest absolute Gasteiger partial charge is 0.493 e. The number of rotatable bonds is 3. The van der Waals surface area contributed by atoms with E-state index in [1.54, 1.807) is 56.7 Å². The average molecular weight is 384 g/mol. The van der Waals surface area contributed by atoms with Gasteiger partial charge in [0.25, 0.3) is 0 Å². The molecule has 6 nitrogen and oxygen atoms in total. The predicted molar refractivity (Wildman–Crippen MR) is 108 cm³/mol. The van der Waals surface area contributed by atoms with Gasteiger partial charge >= 0.3 is 0 Å². The minimum absolute atomic E-state index is 0.166. The molecular weight excluding hydrogens is 368 g/mol. The number of methoxy groups -OCH3 is 2. The minimum atomic E-state index is -0.198. The van der Waals surface area contributed by atoms with Crippen molar-refractivity contribution in [2.24, 2.45) is 0 Å². The number of benzene rings is 3. The van der Waals surface area contributed by atoms with Crippen LogP contribution in [0.2, 0.25) is 0 Å². The quantitative estimate of drug-likeness (QED) is 0.508. The van der Waals surface area contributed by atoms with E-state index in [-0.39, 0.29) is 11.6 Å². The Bertz CT molecular complexity index is 1320. The Kier molecular flexibility index (Phi) is 3.74. The van der Waals surface area contributed by atoms with Crippen LogP contribution in [0.15, 0.2) is 54.6 Å². The van der Waals surface area contributed by atoms with Gasteiger partial charge in [0, 0.05) is 16.7 Å². The van der Waals surface area contributed by atoms with E-state index in [1.165, 1.54) is 0 Å². The fourth-order valence-electron chi connectivity index (χ4n) is 3.85. The van der Waals surface area contributed by atoms with Crippen LogP contribution in [0.25, 0.3) is 22.4 Å². The first kappa shape index (κ1) is 17.2. The molecule has 0 unspecified atom stereocenters. The van der Waals surface area contributed by atoms with Crippen LogP contribution in [0, 0.1) is 0 Å². The summed E-state index contributed by atoms with van der Waals surface area (Å²) in [6.07, 6.45) is 0. The molecule has 142 valence electrons. The number of nitrogens with zero attached hydrogens (tertiary/aromatic N) is 1. The van der Waals surface area contributed by atoms with Crippen LogP contribution >= 0.6 is 0 Å². The second-order valence-corrected chi connectivity index (χ2v) is 6.71. The fourth-order valence-corrected chi connectivity index (χ4v) is 3.85. The number of carbonyl (C=O) groups is 2. The number of ether oxygens (including phenoxy) is 2. The van der Waals surface area contributed by atoms with Crippen LogP contribution in [0.4, 0.5) is 0 Å². The summed E-state index contributed by atoms with van der Waals surface area (Å²) in [4.78, 5) is 34.0. The third-order valence-corrected chi connectivity index (χ3v) is 5.20. The van der Waals surface area contributed by atoms with Gasteiger partial charge < -0.3 is 14.5 Å². The molecule has 1 aromatic heterocycles. The number of ketones is 2. The summed E-state index contributed by atoms with van der Waals surface area (Å²) in [5.74, 6) is 1.28. The summed E-state index contributed by atoms with van der Waals surface area (Å²) < 4.78 is 10.9. The molecule has 0 aliphatic heterocycles. The molecule has 0 radical (unpaired) electrons. The highest BCUT2D eigenvalue weighted by Crippen LogP contribution is 2.38. The number of aromatic nitrogens is 2. The van der Waals surface area contributed by atoms with Crippen LogP contribution in [-0.4, -0.2) is 35.8 Å². The van der Waals surface area contributed by atoms with Gasteiger partial charge in [0.2, 0.25) is 0 Å². The van der Waals surface area contributed by atoms with E-state index in [1.807, 2.05) is 12.1 Å². The molecule has 29 heavy (non-hydrogen) atoms. The number of aromatic amines is 1. The van der Waals surface area contributed by atoms with E-state index in [0.717, 1.165) is 0 Å². The number of H-pyrrole nitrogens is 1. The van der Waals surface area contributed by atoms with Gasteiger partial charge in [-0.1, -0.05) is 30.3 Å². The molecule has 4 aromatic rings. The molecule has 0 bridgehead atoms. The average Bonchev–Trinajstić information content (AvgIpc) is 3.20. The Balaban J connectivity index is 1.75. The van der Waals surface area contributed by atoms with Crippen molar-refractivity contribution in [3.63, 3.8) is 0 Å². The Labute approximate surface area is 166 Å². The zero-order chi connectivity index (χ0) is 20.1. The first-order valence-corrected chi connectivity index (χ1v) is 9.06. The van der Waals surface area contributed by atoms with Gasteiger partial charge in [0.15, 0.2) is 23.1 Å². The molecule has 0 fully saturated rings. The van der Waals surface area contributed by atoms with Crippen molar-refractivity contribution in [1.29, 1.82) is 0 Å². The smallest absolute Gasteiger partial charge is 0.196 e. The number of hydrogen-bond acceptors (Lipinski definition) is 5. The molecular formula is C23H16N2O4. The Morgan fingerprint density at radius 2 is 1.48 bits per heavy atom. The van der Waals surface area contributed by atoms with Gasteiger partial charge in [-0.3, -0.25) is 9.59 Å². The summed E-state index contributed by atoms with van der Waals surface area (Å²) in [6, 6.07) is 15.8. The van der Waals surface area contributed by atoms with Gasteiger partial charge in [-0.15, -0.1) is 0 Å². The number of carbonyl (C=O) groups excluding carboxylic acids is 2. The molecule has 0 saturated carbocycles. The molecule has 6 heteroatoms. The summed E-state index contributed by atoms with van der Waals surface area (Å²) in [5.41, 5.74) is 3.37. The number of fused-ring (bicyclic) bond motifs is 4. The van der Waals surface area contributed by atoms with Gasteiger partial charge in [-0.25, -0.2) is 4.98 Å². The molecule has 0 spiro atoms. The third kappa shape index (κ3) is 2.39. The van der Waals surface area contributed by atoms with Crippen molar-refractivity contribution < 1.29 is 19.1 Å². The SMILES string of the molecule is COc1cccc(-c2nc3c4c(ccc3[nH]2)C(=O)c2ccccc2C4=O)c1OC. The maximum atomic E-state index is 13.2. The summed E-state index contributed by atoms with van der Waals surface area (Å²) >= 11 is 0. The van der Waals surface area contributed by atoms with Gasteiger partial charge in [0.1, 0.15) is 11.3 Å². The first-order valence-electron chi connectivity index (χ1n) is 9.06. The molecule has 0 amide bonds. The van der Waals surface area contributed by atoms with Gasteiger partial charge in [-0.2, -0.15) is 0 Å². The third-order valence-electron chi connectivity index (χ3n) is 5.20. The standard InChI is InChI=1S/C23H16N2O4/c1-28-17-9-5-8-15(22(17)29-2)23-24-16-11-10-14-18(19(16)25-23)21(27)13-7-4-3-6-12(13)20(14)26/h3-11H,1-2H3,(H,24,25). The Hall–Kier alpha value is -3.93. The molecule has 0 atom stereocenters. The van der Waals surface area contributed by atoms with Crippen molar-refractivity contribution in [2.75, 3.05) is 14.2 Å². The van der Waals surface area contributed by atoms with Crippen molar-refractivity contribution >= 4 is 22.6 Å². The number of hydrogen-bond donors (Lipinski definition) is 1.